The molecule has 1 aromatic carbocycles. The second-order valence-electron chi connectivity index (χ2n) is 5.66. The van der Waals surface area contributed by atoms with Crippen LogP contribution < -0.4 is 16.1 Å². The molecule has 1 unspecified atom stereocenters. The number of carbonyl (C=O) groups excluding carboxylic acids is 2. The Morgan fingerprint density at radius 1 is 1.35 bits per heavy atom. The van der Waals surface area contributed by atoms with Crippen molar-refractivity contribution in [2.24, 2.45) is 0 Å². The van der Waals surface area contributed by atoms with Gasteiger partial charge in [0.15, 0.2) is 0 Å². The van der Waals surface area contributed by atoms with Crippen LogP contribution in [0.1, 0.15) is 12.5 Å². The summed E-state index contributed by atoms with van der Waals surface area (Å²) in [7, 11) is 1.48. The highest BCUT2D eigenvalue weighted by atomic mass is 16.7. The second kappa shape index (κ2) is 9.64. The molecule has 0 fully saturated rings. The van der Waals surface area contributed by atoms with Crippen LogP contribution in [0.3, 0.4) is 0 Å². The van der Waals surface area contributed by atoms with E-state index >= 15 is 0 Å². The fourth-order valence-electron chi connectivity index (χ4n) is 2.19. The van der Waals surface area contributed by atoms with Gasteiger partial charge in [0.2, 0.25) is 11.8 Å². The Bertz CT molecular complexity index is 635. The van der Waals surface area contributed by atoms with E-state index in [1.807, 2.05) is 30.3 Å². The van der Waals surface area contributed by atoms with Crippen LogP contribution in [0.25, 0.3) is 0 Å². The first-order valence-corrected chi connectivity index (χ1v) is 8.10. The number of benzene rings is 1. The number of alkyl carbamates (subject to hydrolysis) is 1. The van der Waals surface area contributed by atoms with Gasteiger partial charge in [-0.25, -0.2) is 10.3 Å². The third kappa shape index (κ3) is 5.94. The summed E-state index contributed by atoms with van der Waals surface area (Å²) >= 11 is 0. The van der Waals surface area contributed by atoms with Gasteiger partial charge in [-0.2, -0.15) is 0 Å². The van der Waals surface area contributed by atoms with Crippen LogP contribution in [0.15, 0.2) is 42.3 Å². The standard InChI is InChI=1S/C17H23N3O6/c1-11(21)15(16(22)18-9-13-8-14(24-2)20-26-13)19-17(23)25-10-12-6-4-3-5-7-12/h3-8,11,13,15,20-21H,9-10H2,1-2H3,(H,18,22)(H,19,23)/t11-,13?,15+/m1/s1. The van der Waals surface area contributed by atoms with E-state index < -0.39 is 30.3 Å². The number of hydroxylamine groups is 1. The number of amides is 2. The Balaban J connectivity index is 1.80. The number of nitrogens with one attached hydrogen (secondary N) is 3. The lowest BCUT2D eigenvalue weighted by molar-refractivity contribution is -0.126. The van der Waals surface area contributed by atoms with Gasteiger partial charge in [0, 0.05) is 6.08 Å². The van der Waals surface area contributed by atoms with Gasteiger partial charge >= 0.3 is 6.09 Å². The van der Waals surface area contributed by atoms with Gasteiger partial charge < -0.3 is 25.2 Å². The Morgan fingerprint density at radius 2 is 2.08 bits per heavy atom. The van der Waals surface area contributed by atoms with Gasteiger partial charge in [-0.3, -0.25) is 9.63 Å². The molecule has 0 radical (unpaired) electrons. The van der Waals surface area contributed by atoms with E-state index in [9.17, 15) is 14.7 Å². The maximum atomic E-state index is 12.2. The fraction of sp³-hybridized carbons (Fsp3) is 0.412. The molecule has 0 saturated carbocycles. The normalized spacial score (nSPS) is 18.1. The number of methoxy groups -OCH3 is 1. The smallest absolute Gasteiger partial charge is 0.408 e. The Morgan fingerprint density at radius 3 is 2.69 bits per heavy atom. The maximum absolute atomic E-state index is 12.2. The van der Waals surface area contributed by atoms with Crippen molar-refractivity contribution in [2.45, 2.75) is 31.8 Å². The van der Waals surface area contributed by atoms with Gasteiger partial charge in [0.25, 0.3) is 0 Å². The zero-order valence-corrected chi connectivity index (χ0v) is 14.6. The zero-order chi connectivity index (χ0) is 18.9. The number of rotatable bonds is 8. The van der Waals surface area contributed by atoms with E-state index in [-0.39, 0.29) is 13.2 Å². The molecule has 1 heterocycles. The predicted octanol–water partition coefficient (Wildman–Crippen LogP) is 0.170. The molecule has 0 saturated heterocycles. The number of aliphatic hydroxyl groups is 1. The highest BCUT2D eigenvalue weighted by Crippen LogP contribution is 2.06. The molecule has 1 aromatic rings. The maximum Gasteiger partial charge on any atom is 0.408 e. The van der Waals surface area contributed by atoms with E-state index in [0.717, 1.165) is 5.56 Å². The molecule has 9 heteroatoms. The molecule has 4 N–H and O–H groups in total. The minimum atomic E-state index is -1.15. The Kier molecular flexibility index (Phi) is 7.24. The summed E-state index contributed by atoms with van der Waals surface area (Å²) in [5, 5.41) is 14.7. The second-order valence-corrected chi connectivity index (χ2v) is 5.66. The first-order chi connectivity index (χ1) is 12.5. The molecule has 9 nitrogen and oxygen atoms in total. The molecule has 0 aliphatic carbocycles. The van der Waals surface area contributed by atoms with E-state index in [2.05, 4.69) is 16.1 Å². The third-order valence-electron chi connectivity index (χ3n) is 3.60. The SMILES string of the molecule is COC1=CC(CNC(=O)[C@@H](NC(=O)OCc2ccccc2)[C@@H](C)O)ON1. The van der Waals surface area contributed by atoms with Crippen molar-refractivity contribution in [2.75, 3.05) is 13.7 Å². The minimum Gasteiger partial charge on any atom is -0.481 e. The molecule has 1 aliphatic heterocycles. The van der Waals surface area contributed by atoms with Gasteiger partial charge in [0.05, 0.1) is 19.8 Å². The average Bonchev–Trinajstić information content (AvgIpc) is 3.11. The van der Waals surface area contributed by atoms with Crippen LogP contribution in [0.4, 0.5) is 4.79 Å². The van der Waals surface area contributed by atoms with Crippen molar-refractivity contribution >= 4 is 12.0 Å². The molecule has 26 heavy (non-hydrogen) atoms. The van der Waals surface area contributed by atoms with Crippen LogP contribution in [0.5, 0.6) is 0 Å². The Hall–Kier alpha value is -2.78. The Labute approximate surface area is 151 Å². The van der Waals surface area contributed by atoms with Crippen LogP contribution in [0, 0.1) is 0 Å². The zero-order valence-electron chi connectivity index (χ0n) is 14.6. The summed E-state index contributed by atoms with van der Waals surface area (Å²) in [6.07, 6.45) is -0.671. The summed E-state index contributed by atoms with van der Waals surface area (Å²) in [5.74, 6) is -0.113. The van der Waals surface area contributed by atoms with Gasteiger partial charge in [-0.15, -0.1) is 0 Å². The first-order valence-electron chi connectivity index (χ1n) is 8.10. The topological polar surface area (TPSA) is 118 Å². The summed E-state index contributed by atoms with van der Waals surface area (Å²) in [6, 6.07) is 7.97. The summed E-state index contributed by atoms with van der Waals surface area (Å²) in [4.78, 5) is 29.3. The van der Waals surface area contributed by atoms with Gasteiger partial charge in [-0.05, 0) is 12.5 Å². The highest BCUT2D eigenvalue weighted by molar-refractivity contribution is 5.86. The molecule has 142 valence electrons. The van der Waals surface area contributed by atoms with Gasteiger partial charge in [-0.1, -0.05) is 30.3 Å². The lowest BCUT2D eigenvalue weighted by atomic mass is 10.1. The van der Waals surface area contributed by atoms with Crippen LogP contribution in [0.2, 0.25) is 0 Å². The van der Waals surface area contributed by atoms with Crippen LogP contribution in [-0.4, -0.2) is 49.0 Å². The lowest BCUT2D eigenvalue weighted by Gasteiger charge is -2.21. The van der Waals surface area contributed by atoms with E-state index in [1.165, 1.54) is 14.0 Å². The number of hydrogen-bond acceptors (Lipinski definition) is 7. The summed E-state index contributed by atoms with van der Waals surface area (Å²) in [5.41, 5.74) is 3.36. The number of carbonyl (C=O) groups is 2. The lowest BCUT2D eigenvalue weighted by Crippen LogP contribution is -2.53. The van der Waals surface area contributed by atoms with E-state index in [4.69, 9.17) is 14.3 Å². The first kappa shape index (κ1) is 19.5. The van der Waals surface area contributed by atoms with E-state index in [1.54, 1.807) is 6.08 Å². The molecule has 0 aromatic heterocycles. The fourth-order valence-corrected chi connectivity index (χ4v) is 2.19. The molecule has 3 atom stereocenters. The molecular weight excluding hydrogens is 342 g/mol. The van der Waals surface area contributed by atoms with Crippen molar-refractivity contribution < 1.29 is 29.0 Å². The van der Waals surface area contributed by atoms with E-state index in [0.29, 0.717) is 5.88 Å². The quantitative estimate of drug-likeness (QED) is 0.519. The van der Waals surface area contributed by atoms with Crippen molar-refractivity contribution in [3.63, 3.8) is 0 Å². The van der Waals surface area contributed by atoms with Crippen molar-refractivity contribution in [3.8, 4) is 0 Å². The van der Waals surface area contributed by atoms with Crippen LogP contribution >= 0.6 is 0 Å². The largest absolute Gasteiger partial charge is 0.481 e. The molecule has 2 rings (SSSR count). The highest BCUT2D eigenvalue weighted by Gasteiger charge is 2.27. The van der Waals surface area contributed by atoms with Crippen LogP contribution in [-0.2, 0) is 25.7 Å². The monoisotopic (exact) mass is 365 g/mol. The van der Waals surface area contributed by atoms with Gasteiger partial charge in [0.1, 0.15) is 18.8 Å². The number of hydrogen-bond donors (Lipinski definition) is 4. The number of ether oxygens (including phenoxy) is 2. The van der Waals surface area contributed by atoms with Crippen molar-refractivity contribution in [1.82, 2.24) is 16.1 Å². The summed E-state index contributed by atoms with van der Waals surface area (Å²) < 4.78 is 10.0. The third-order valence-corrected chi connectivity index (χ3v) is 3.60. The van der Waals surface area contributed by atoms with Crippen molar-refractivity contribution in [3.05, 3.63) is 47.9 Å². The minimum absolute atomic E-state index is 0.0625. The molecule has 2 amide bonds. The van der Waals surface area contributed by atoms with Crippen molar-refractivity contribution in [1.29, 1.82) is 0 Å². The molecule has 0 spiro atoms. The predicted molar refractivity (Wildman–Crippen MR) is 91.3 cm³/mol. The number of aliphatic hydroxyl groups excluding tert-OH is 1. The summed E-state index contributed by atoms with van der Waals surface area (Å²) in [6.45, 7) is 1.61. The molecular formula is C17H23N3O6. The average molecular weight is 365 g/mol. The molecule has 0 bridgehead atoms. The molecule has 1 aliphatic rings.